The molecule has 0 saturated carbocycles. The van der Waals surface area contributed by atoms with Crippen LogP contribution in [0.5, 0.6) is 5.75 Å². The molecule has 2 aromatic rings. The molecule has 0 radical (unpaired) electrons. The number of nitrogens with one attached hydrogen (secondary N) is 2. The minimum atomic E-state index is 0.594. The van der Waals surface area contributed by atoms with E-state index in [1.165, 1.54) is 22.3 Å². The largest absolute Gasteiger partial charge is 0.489 e. The number of aryl methyl sites for hydroxylation is 2. The van der Waals surface area contributed by atoms with Gasteiger partial charge in [-0.05, 0) is 54.7 Å². The fourth-order valence-electron chi connectivity index (χ4n) is 2.36. The topological polar surface area (TPSA) is 58.0 Å². The van der Waals surface area contributed by atoms with Gasteiger partial charge in [-0.15, -0.1) is 0 Å². The molecule has 0 aliphatic rings. The average molecular weight is 312 g/mol. The summed E-state index contributed by atoms with van der Waals surface area (Å²) in [6.07, 6.45) is 0.864. The van der Waals surface area contributed by atoms with Crippen LogP contribution in [-0.4, -0.2) is 13.6 Å². The van der Waals surface area contributed by atoms with Crippen LogP contribution in [0.1, 0.15) is 22.3 Å². The van der Waals surface area contributed by atoms with Crippen LogP contribution in [0.3, 0.4) is 0 Å². The molecule has 0 atom stereocenters. The van der Waals surface area contributed by atoms with Crippen LogP contribution < -0.4 is 15.6 Å². The third-order valence-electron chi connectivity index (χ3n) is 3.67. The summed E-state index contributed by atoms with van der Waals surface area (Å²) in [5, 5.41) is 7.39. The van der Waals surface area contributed by atoms with Crippen LogP contribution in [0.2, 0.25) is 0 Å². The molecule has 0 heterocycles. The van der Waals surface area contributed by atoms with Crippen LogP contribution in [-0.2, 0) is 13.0 Å². The van der Waals surface area contributed by atoms with E-state index in [0.717, 1.165) is 18.7 Å². The fraction of sp³-hybridized carbons (Fsp3) is 0.333. The molecule has 122 valence electrons. The van der Waals surface area contributed by atoms with Crippen LogP contribution >= 0.6 is 0 Å². The van der Waals surface area contributed by atoms with Crippen LogP contribution in [0, 0.1) is 13.8 Å². The molecular weight excluding hydrogens is 288 g/mol. The van der Waals surface area contributed by atoms with Crippen LogP contribution in [0.25, 0.3) is 0 Å². The van der Waals surface area contributed by atoms with E-state index in [1.807, 2.05) is 12.1 Å². The minimum absolute atomic E-state index is 0.594. The maximum atomic E-state index is 5.97. The van der Waals surface area contributed by atoms with E-state index < -0.39 is 0 Å². The van der Waals surface area contributed by atoms with Gasteiger partial charge in [0, 0.05) is 13.6 Å². The van der Waals surface area contributed by atoms with Gasteiger partial charge in [-0.3, -0.25) is 10.9 Å². The zero-order chi connectivity index (χ0) is 16.5. The Labute approximate surface area is 137 Å². The van der Waals surface area contributed by atoms with Gasteiger partial charge in [-0.1, -0.05) is 40.8 Å². The molecule has 23 heavy (non-hydrogen) atoms. The van der Waals surface area contributed by atoms with Crippen molar-refractivity contribution in [1.82, 2.24) is 10.9 Å². The molecule has 0 aliphatic carbocycles. The molecule has 0 aliphatic heterocycles. The Kier molecular flexibility index (Phi) is 6.41. The van der Waals surface area contributed by atoms with Gasteiger partial charge in [0.15, 0.2) is 0 Å². The molecule has 0 amide bonds. The van der Waals surface area contributed by atoms with E-state index in [4.69, 9.17) is 4.74 Å². The standard InChI is InChI=1S/C18H24N4O/c1-14-6-4-7-15(2)18(14)13-23-17-9-5-8-16(12-17)10-11-20-22-21-19-3/h4-9,12H,10-11,13H2,1-3H3,(H,19,22)(H,20,21). The van der Waals surface area contributed by atoms with Gasteiger partial charge in [-0.2, -0.15) is 0 Å². The summed E-state index contributed by atoms with van der Waals surface area (Å²) in [6, 6.07) is 14.5. The van der Waals surface area contributed by atoms with Crippen molar-refractivity contribution in [3.8, 4) is 5.75 Å². The summed E-state index contributed by atoms with van der Waals surface area (Å²) in [5.41, 5.74) is 10.5. The van der Waals surface area contributed by atoms with Gasteiger partial charge < -0.3 is 4.74 Å². The first-order valence-electron chi connectivity index (χ1n) is 7.77. The highest BCUT2D eigenvalue weighted by atomic mass is 16.5. The molecule has 5 nitrogen and oxygen atoms in total. The zero-order valence-electron chi connectivity index (χ0n) is 14.0. The Morgan fingerprint density at radius 2 is 1.74 bits per heavy atom. The number of rotatable bonds is 8. The Morgan fingerprint density at radius 1 is 1.00 bits per heavy atom. The molecule has 2 rings (SSSR count). The summed E-state index contributed by atoms with van der Waals surface area (Å²) in [6.45, 7) is 5.56. The van der Waals surface area contributed by atoms with Crippen LogP contribution in [0.4, 0.5) is 0 Å². The number of benzene rings is 2. The third-order valence-corrected chi connectivity index (χ3v) is 3.67. The number of hydrogen-bond acceptors (Lipinski definition) is 3. The molecule has 0 saturated heterocycles. The van der Waals surface area contributed by atoms with E-state index >= 15 is 0 Å². The maximum Gasteiger partial charge on any atom is 0.120 e. The first-order valence-corrected chi connectivity index (χ1v) is 7.77. The highest BCUT2D eigenvalue weighted by molar-refractivity contribution is 5.34. The Morgan fingerprint density at radius 3 is 2.48 bits per heavy atom. The van der Waals surface area contributed by atoms with Crippen molar-refractivity contribution in [1.29, 1.82) is 0 Å². The van der Waals surface area contributed by atoms with Gasteiger partial charge >= 0.3 is 0 Å². The van der Waals surface area contributed by atoms with Crippen molar-refractivity contribution in [2.45, 2.75) is 26.9 Å². The monoisotopic (exact) mass is 312 g/mol. The second-order valence-electron chi connectivity index (χ2n) is 5.39. The minimum Gasteiger partial charge on any atom is -0.489 e. The van der Waals surface area contributed by atoms with Gasteiger partial charge in [0.1, 0.15) is 12.4 Å². The molecule has 2 aromatic carbocycles. The van der Waals surface area contributed by atoms with Crippen molar-refractivity contribution in [2.75, 3.05) is 13.6 Å². The number of hydrogen-bond donors (Lipinski definition) is 2. The second-order valence-corrected chi connectivity index (χ2v) is 5.39. The molecule has 0 aromatic heterocycles. The fourth-order valence-corrected chi connectivity index (χ4v) is 2.36. The summed E-state index contributed by atoms with van der Waals surface area (Å²) in [7, 11) is 1.71. The first-order chi connectivity index (χ1) is 11.2. The molecule has 0 spiro atoms. The van der Waals surface area contributed by atoms with Gasteiger partial charge in [0.05, 0.1) is 0 Å². The van der Waals surface area contributed by atoms with Crippen molar-refractivity contribution in [3.05, 3.63) is 64.7 Å². The molecule has 5 heteroatoms. The zero-order valence-corrected chi connectivity index (χ0v) is 14.0. The average Bonchev–Trinajstić information content (AvgIpc) is 2.55. The molecule has 2 N–H and O–H groups in total. The predicted molar refractivity (Wildman–Crippen MR) is 92.3 cm³/mol. The Bertz CT molecular complexity index is 635. The van der Waals surface area contributed by atoms with Gasteiger partial charge in [0.25, 0.3) is 0 Å². The number of nitrogens with zero attached hydrogens (tertiary/aromatic N) is 2. The van der Waals surface area contributed by atoms with Gasteiger partial charge in [0.2, 0.25) is 0 Å². The number of ether oxygens (including phenoxy) is 1. The normalized spacial score (nSPS) is 10.7. The SMILES string of the molecule is CN/N=N\NCCc1cccc(OCc2c(C)cccc2C)c1. The van der Waals surface area contributed by atoms with Crippen molar-refractivity contribution >= 4 is 0 Å². The lowest BCUT2D eigenvalue weighted by Gasteiger charge is -2.12. The lowest BCUT2D eigenvalue weighted by molar-refractivity contribution is 0.304. The second kappa shape index (κ2) is 8.78. The van der Waals surface area contributed by atoms with Gasteiger partial charge in [-0.25, -0.2) is 0 Å². The maximum absolute atomic E-state index is 5.97. The van der Waals surface area contributed by atoms with Crippen molar-refractivity contribution in [3.63, 3.8) is 0 Å². The summed E-state index contributed by atoms with van der Waals surface area (Å²) in [5.74, 6) is 0.891. The third kappa shape index (κ3) is 5.29. The van der Waals surface area contributed by atoms with E-state index in [9.17, 15) is 0 Å². The predicted octanol–water partition coefficient (Wildman–Crippen LogP) is 3.52. The molecule has 0 bridgehead atoms. The molecular formula is C18H24N4O. The highest BCUT2D eigenvalue weighted by Gasteiger charge is 2.04. The summed E-state index contributed by atoms with van der Waals surface area (Å²) >= 11 is 0. The summed E-state index contributed by atoms with van der Waals surface area (Å²) < 4.78 is 5.97. The lowest BCUT2D eigenvalue weighted by Crippen LogP contribution is -2.10. The summed E-state index contributed by atoms with van der Waals surface area (Å²) in [4.78, 5) is 0. The lowest BCUT2D eigenvalue weighted by atomic mass is 10.0. The smallest absolute Gasteiger partial charge is 0.120 e. The van der Waals surface area contributed by atoms with E-state index in [-0.39, 0.29) is 0 Å². The van der Waals surface area contributed by atoms with E-state index in [0.29, 0.717) is 6.61 Å². The van der Waals surface area contributed by atoms with E-state index in [1.54, 1.807) is 7.05 Å². The Balaban J connectivity index is 1.91. The Hall–Kier alpha value is -2.56. The molecule has 0 unspecified atom stereocenters. The van der Waals surface area contributed by atoms with Crippen molar-refractivity contribution in [2.24, 2.45) is 10.4 Å². The van der Waals surface area contributed by atoms with Crippen LogP contribution in [0.15, 0.2) is 52.9 Å². The molecule has 0 fully saturated rings. The van der Waals surface area contributed by atoms with Crippen molar-refractivity contribution < 1.29 is 4.74 Å². The quantitative estimate of drug-likeness (QED) is 0.445. The van der Waals surface area contributed by atoms with E-state index in [2.05, 4.69) is 65.5 Å². The first kappa shape index (κ1) is 16.8. The highest BCUT2D eigenvalue weighted by Crippen LogP contribution is 2.19.